The number of carbonyl (C=O) groups excluding carboxylic acids is 1. The van der Waals surface area contributed by atoms with Gasteiger partial charge in [-0.1, -0.05) is 13.3 Å². The van der Waals surface area contributed by atoms with Crippen LogP contribution in [0, 0.1) is 0 Å². The van der Waals surface area contributed by atoms with Gasteiger partial charge < -0.3 is 10.5 Å². The molecule has 0 saturated carbocycles. The highest BCUT2D eigenvalue weighted by Gasteiger charge is 2.10. The Morgan fingerprint density at radius 3 is 2.88 bits per heavy atom. The summed E-state index contributed by atoms with van der Waals surface area (Å²) < 4.78 is 5.21. The van der Waals surface area contributed by atoms with Gasteiger partial charge in [-0.15, -0.1) is 0 Å². The molecule has 1 aromatic rings. The fourth-order valence-corrected chi connectivity index (χ4v) is 1.42. The van der Waals surface area contributed by atoms with E-state index in [4.69, 9.17) is 10.5 Å². The molecule has 88 valence electrons. The lowest BCUT2D eigenvalue weighted by atomic mass is 10.2. The van der Waals surface area contributed by atoms with Gasteiger partial charge in [-0.3, -0.25) is 9.78 Å². The first kappa shape index (κ1) is 12.5. The summed E-state index contributed by atoms with van der Waals surface area (Å²) in [6.07, 6.45) is 3.62. The molecule has 0 aliphatic heterocycles. The van der Waals surface area contributed by atoms with Gasteiger partial charge in [-0.05, 0) is 25.5 Å². The van der Waals surface area contributed by atoms with Gasteiger partial charge >= 0.3 is 5.97 Å². The first-order chi connectivity index (χ1) is 7.61. The second kappa shape index (κ2) is 6.10. The van der Waals surface area contributed by atoms with Crippen molar-refractivity contribution in [3.63, 3.8) is 0 Å². The highest BCUT2D eigenvalue weighted by atomic mass is 16.5. The van der Waals surface area contributed by atoms with Gasteiger partial charge in [0.1, 0.15) is 0 Å². The Morgan fingerprint density at radius 1 is 1.56 bits per heavy atom. The second-order valence-electron chi connectivity index (χ2n) is 3.85. The number of aromatic nitrogens is 1. The summed E-state index contributed by atoms with van der Waals surface area (Å²) in [5, 5.41) is 0. The van der Waals surface area contributed by atoms with Gasteiger partial charge in [0.15, 0.2) is 0 Å². The van der Waals surface area contributed by atoms with Gasteiger partial charge in [-0.25, -0.2) is 0 Å². The van der Waals surface area contributed by atoms with E-state index in [9.17, 15) is 4.79 Å². The van der Waals surface area contributed by atoms with Crippen molar-refractivity contribution in [3.8, 4) is 0 Å². The zero-order valence-electron chi connectivity index (χ0n) is 9.77. The number of nitrogens with zero attached hydrogens (tertiary/aromatic N) is 1. The van der Waals surface area contributed by atoms with Crippen LogP contribution >= 0.6 is 0 Å². The number of esters is 1. The Balaban J connectivity index is 2.42. The highest BCUT2D eigenvalue weighted by Crippen LogP contribution is 2.06. The maximum Gasteiger partial charge on any atom is 0.312 e. The Bertz CT molecular complexity index is 335. The summed E-state index contributed by atoms with van der Waals surface area (Å²) in [6, 6.07) is 3.46. The van der Waals surface area contributed by atoms with E-state index in [1.54, 1.807) is 12.1 Å². The molecule has 1 rings (SSSR count). The third-order valence-electron chi connectivity index (χ3n) is 2.20. The molecule has 1 heterocycles. The molecule has 1 unspecified atom stereocenters. The number of carbonyl (C=O) groups is 1. The summed E-state index contributed by atoms with van der Waals surface area (Å²) in [6.45, 7) is 3.96. The number of nitrogen functional groups attached to an aromatic ring is 1. The van der Waals surface area contributed by atoms with Crippen LogP contribution in [-0.4, -0.2) is 17.1 Å². The van der Waals surface area contributed by atoms with E-state index in [0.717, 1.165) is 12.8 Å². The van der Waals surface area contributed by atoms with E-state index in [1.807, 2.05) is 6.92 Å². The van der Waals surface area contributed by atoms with E-state index in [0.29, 0.717) is 11.4 Å². The number of nitrogens with two attached hydrogens (primary N) is 1. The first-order valence-electron chi connectivity index (χ1n) is 5.51. The molecule has 0 fully saturated rings. The monoisotopic (exact) mass is 222 g/mol. The number of pyridine rings is 1. The third-order valence-corrected chi connectivity index (χ3v) is 2.20. The van der Waals surface area contributed by atoms with Crippen LogP contribution in [0.5, 0.6) is 0 Å². The number of hydrogen-bond acceptors (Lipinski definition) is 4. The van der Waals surface area contributed by atoms with E-state index in [1.165, 1.54) is 6.20 Å². The van der Waals surface area contributed by atoms with E-state index in [-0.39, 0.29) is 18.5 Å². The van der Waals surface area contributed by atoms with Gasteiger partial charge in [0, 0.05) is 0 Å². The van der Waals surface area contributed by atoms with E-state index >= 15 is 0 Å². The zero-order chi connectivity index (χ0) is 12.0. The fraction of sp³-hybridized carbons (Fsp3) is 0.500. The summed E-state index contributed by atoms with van der Waals surface area (Å²) in [5.41, 5.74) is 6.78. The lowest BCUT2D eigenvalue weighted by molar-refractivity contribution is -0.147. The maximum absolute atomic E-state index is 11.5. The van der Waals surface area contributed by atoms with Crippen LogP contribution in [0.4, 0.5) is 5.69 Å². The smallest absolute Gasteiger partial charge is 0.312 e. The predicted molar refractivity (Wildman–Crippen MR) is 62.8 cm³/mol. The van der Waals surface area contributed by atoms with Crippen LogP contribution in [0.3, 0.4) is 0 Å². The van der Waals surface area contributed by atoms with Crippen molar-refractivity contribution >= 4 is 11.7 Å². The molecule has 0 aromatic carbocycles. The molecule has 16 heavy (non-hydrogen) atoms. The minimum Gasteiger partial charge on any atom is -0.462 e. The molecule has 0 spiro atoms. The minimum absolute atomic E-state index is 0.0220. The quantitative estimate of drug-likeness (QED) is 0.773. The normalized spacial score (nSPS) is 12.1. The largest absolute Gasteiger partial charge is 0.462 e. The Kier molecular flexibility index (Phi) is 4.76. The Labute approximate surface area is 95.8 Å². The SMILES string of the molecule is CCCC(C)OC(=O)Cc1ccc(N)cn1. The van der Waals surface area contributed by atoms with Crippen molar-refractivity contribution in [1.82, 2.24) is 4.98 Å². The molecular weight excluding hydrogens is 204 g/mol. The van der Waals surface area contributed by atoms with E-state index in [2.05, 4.69) is 11.9 Å². The van der Waals surface area contributed by atoms with Gasteiger partial charge in [0.25, 0.3) is 0 Å². The van der Waals surface area contributed by atoms with Gasteiger partial charge in [0.2, 0.25) is 0 Å². The fourth-order valence-electron chi connectivity index (χ4n) is 1.42. The predicted octanol–water partition coefficient (Wildman–Crippen LogP) is 1.94. The van der Waals surface area contributed by atoms with Gasteiger partial charge in [0.05, 0.1) is 30.1 Å². The van der Waals surface area contributed by atoms with Crippen molar-refractivity contribution in [2.24, 2.45) is 0 Å². The molecule has 1 atom stereocenters. The number of ether oxygens (including phenoxy) is 1. The lowest BCUT2D eigenvalue weighted by Crippen LogP contribution is -2.16. The molecule has 0 aliphatic carbocycles. The van der Waals surface area contributed by atoms with Crippen LogP contribution in [0.1, 0.15) is 32.4 Å². The maximum atomic E-state index is 11.5. The molecule has 1 aromatic heterocycles. The molecule has 0 aliphatic rings. The van der Waals surface area contributed by atoms with Crippen molar-refractivity contribution in [2.45, 2.75) is 39.2 Å². The molecule has 2 N–H and O–H groups in total. The van der Waals surface area contributed by atoms with E-state index < -0.39 is 0 Å². The standard InChI is InChI=1S/C12H18N2O2/c1-3-4-9(2)16-12(15)7-11-6-5-10(13)8-14-11/h5-6,8-9H,3-4,7,13H2,1-2H3. The Morgan fingerprint density at radius 2 is 2.31 bits per heavy atom. The first-order valence-corrected chi connectivity index (χ1v) is 5.51. The highest BCUT2D eigenvalue weighted by molar-refractivity contribution is 5.72. The third kappa shape index (κ3) is 4.29. The van der Waals surface area contributed by atoms with Crippen LogP contribution in [-0.2, 0) is 16.0 Å². The topological polar surface area (TPSA) is 65.2 Å². The van der Waals surface area contributed by atoms with Gasteiger partial charge in [-0.2, -0.15) is 0 Å². The van der Waals surface area contributed by atoms with Crippen LogP contribution in [0.25, 0.3) is 0 Å². The molecule has 4 nitrogen and oxygen atoms in total. The lowest BCUT2D eigenvalue weighted by Gasteiger charge is -2.11. The molecule has 0 radical (unpaired) electrons. The summed E-state index contributed by atoms with van der Waals surface area (Å²) in [7, 11) is 0. The number of rotatable bonds is 5. The zero-order valence-corrected chi connectivity index (χ0v) is 9.77. The average molecular weight is 222 g/mol. The second-order valence-corrected chi connectivity index (χ2v) is 3.85. The van der Waals surface area contributed by atoms with Crippen molar-refractivity contribution < 1.29 is 9.53 Å². The summed E-state index contributed by atoms with van der Waals surface area (Å²) in [5.74, 6) is -0.238. The number of anilines is 1. The molecular formula is C12H18N2O2. The molecule has 4 heteroatoms. The van der Waals surface area contributed by atoms with Crippen molar-refractivity contribution in [3.05, 3.63) is 24.0 Å². The Hall–Kier alpha value is -1.58. The summed E-state index contributed by atoms with van der Waals surface area (Å²) in [4.78, 5) is 15.5. The van der Waals surface area contributed by atoms with Crippen LogP contribution < -0.4 is 5.73 Å². The molecule has 0 bridgehead atoms. The van der Waals surface area contributed by atoms with Crippen molar-refractivity contribution in [2.75, 3.05) is 5.73 Å². The summed E-state index contributed by atoms with van der Waals surface area (Å²) >= 11 is 0. The van der Waals surface area contributed by atoms with Crippen LogP contribution in [0.2, 0.25) is 0 Å². The molecule has 0 amide bonds. The molecule has 0 saturated heterocycles. The van der Waals surface area contributed by atoms with Crippen molar-refractivity contribution in [1.29, 1.82) is 0 Å². The number of hydrogen-bond donors (Lipinski definition) is 1. The van der Waals surface area contributed by atoms with Crippen LogP contribution in [0.15, 0.2) is 18.3 Å². The average Bonchev–Trinajstić information content (AvgIpc) is 2.21. The minimum atomic E-state index is -0.238.